The van der Waals surface area contributed by atoms with Crippen molar-refractivity contribution in [1.29, 1.82) is 0 Å². The van der Waals surface area contributed by atoms with E-state index in [0.717, 1.165) is 42.3 Å². The molecule has 2 aromatic rings. The summed E-state index contributed by atoms with van der Waals surface area (Å²) < 4.78 is 5.07. The van der Waals surface area contributed by atoms with E-state index in [1.807, 2.05) is 18.2 Å². The van der Waals surface area contributed by atoms with Gasteiger partial charge in [-0.1, -0.05) is 19.9 Å². The fraction of sp³-hybridized carbons (Fsp3) is 0.438. The number of anilines is 1. The van der Waals surface area contributed by atoms with Crippen LogP contribution in [0.15, 0.2) is 24.4 Å². The molecule has 2 aromatic heterocycles. The molecule has 112 valence electrons. The van der Waals surface area contributed by atoms with E-state index in [-0.39, 0.29) is 0 Å². The number of ether oxygens (including phenoxy) is 1. The lowest BCUT2D eigenvalue weighted by atomic mass is 10.2. The number of aromatic nitrogens is 3. The number of pyridine rings is 1. The van der Waals surface area contributed by atoms with Gasteiger partial charge in [-0.25, -0.2) is 15.0 Å². The Balaban J connectivity index is 2.16. The Morgan fingerprint density at radius 1 is 1.19 bits per heavy atom. The quantitative estimate of drug-likeness (QED) is 0.848. The maximum atomic E-state index is 5.07. The Bertz CT molecular complexity index is 569. The molecule has 0 atom stereocenters. The van der Waals surface area contributed by atoms with Crippen molar-refractivity contribution in [2.75, 3.05) is 19.0 Å². The van der Waals surface area contributed by atoms with Gasteiger partial charge in [0.25, 0.3) is 0 Å². The number of hydrogen-bond acceptors (Lipinski definition) is 5. The molecule has 0 bridgehead atoms. The summed E-state index contributed by atoms with van der Waals surface area (Å²) in [4.78, 5) is 13.4. The Morgan fingerprint density at radius 2 is 2.05 bits per heavy atom. The van der Waals surface area contributed by atoms with Crippen LogP contribution in [0.1, 0.15) is 37.4 Å². The first kappa shape index (κ1) is 15.2. The summed E-state index contributed by atoms with van der Waals surface area (Å²) in [5.74, 6) is 2.34. The van der Waals surface area contributed by atoms with Gasteiger partial charge in [0.1, 0.15) is 11.6 Å². The van der Waals surface area contributed by atoms with Crippen LogP contribution in [0.2, 0.25) is 0 Å². The molecular formula is C16H22N4O. The SMILES string of the molecule is CCCNc1cc(CC)nc(Cc2ccc(OC)nc2)n1. The maximum absolute atomic E-state index is 5.07. The average molecular weight is 286 g/mol. The second-order valence-corrected chi connectivity index (χ2v) is 4.83. The van der Waals surface area contributed by atoms with Crippen LogP contribution in [0.3, 0.4) is 0 Å². The van der Waals surface area contributed by atoms with Crippen LogP contribution in [0.25, 0.3) is 0 Å². The van der Waals surface area contributed by atoms with Gasteiger partial charge < -0.3 is 10.1 Å². The van der Waals surface area contributed by atoms with Gasteiger partial charge in [0.05, 0.1) is 7.11 Å². The Hall–Kier alpha value is -2.17. The van der Waals surface area contributed by atoms with Gasteiger partial charge in [-0.2, -0.15) is 0 Å². The molecule has 0 spiro atoms. The smallest absolute Gasteiger partial charge is 0.212 e. The zero-order chi connectivity index (χ0) is 15.1. The zero-order valence-electron chi connectivity index (χ0n) is 12.9. The Labute approximate surface area is 125 Å². The summed E-state index contributed by atoms with van der Waals surface area (Å²) in [6, 6.07) is 5.87. The second-order valence-electron chi connectivity index (χ2n) is 4.83. The fourth-order valence-corrected chi connectivity index (χ4v) is 1.97. The van der Waals surface area contributed by atoms with Crippen LogP contribution in [0.5, 0.6) is 5.88 Å². The molecule has 0 amide bonds. The summed E-state index contributed by atoms with van der Waals surface area (Å²) in [5, 5.41) is 3.33. The normalized spacial score (nSPS) is 10.4. The molecule has 0 fully saturated rings. The van der Waals surface area contributed by atoms with Gasteiger partial charge in [-0.3, -0.25) is 0 Å². The highest BCUT2D eigenvalue weighted by Gasteiger charge is 2.05. The third kappa shape index (κ3) is 4.41. The van der Waals surface area contributed by atoms with Gasteiger partial charge in [-0.05, 0) is 18.4 Å². The number of nitrogens with one attached hydrogen (secondary N) is 1. The van der Waals surface area contributed by atoms with Crippen molar-refractivity contribution in [3.05, 3.63) is 41.5 Å². The monoisotopic (exact) mass is 286 g/mol. The van der Waals surface area contributed by atoms with Crippen LogP contribution in [0, 0.1) is 0 Å². The van der Waals surface area contributed by atoms with Gasteiger partial charge >= 0.3 is 0 Å². The standard InChI is InChI=1S/C16H22N4O/c1-4-8-17-14-10-13(5-2)19-15(20-14)9-12-6-7-16(21-3)18-11-12/h6-7,10-11H,4-5,8-9H2,1-3H3,(H,17,19,20). The van der Waals surface area contributed by atoms with Crippen LogP contribution >= 0.6 is 0 Å². The number of rotatable bonds is 7. The number of nitrogens with zero attached hydrogens (tertiary/aromatic N) is 3. The Morgan fingerprint density at radius 3 is 2.67 bits per heavy atom. The van der Waals surface area contributed by atoms with Crippen molar-refractivity contribution >= 4 is 5.82 Å². The molecule has 0 aliphatic heterocycles. The third-order valence-electron chi connectivity index (χ3n) is 3.11. The minimum absolute atomic E-state index is 0.618. The fourth-order valence-electron chi connectivity index (χ4n) is 1.97. The van der Waals surface area contributed by atoms with Gasteiger partial charge in [-0.15, -0.1) is 0 Å². The lowest BCUT2D eigenvalue weighted by molar-refractivity contribution is 0.397. The highest BCUT2D eigenvalue weighted by molar-refractivity contribution is 5.36. The van der Waals surface area contributed by atoms with E-state index in [2.05, 4.69) is 34.1 Å². The third-order valence-corrected chi connectivity index (χ3v) is 3.11. The molecule has 21 heavy (non-hydrogen) atoms. The summed E-state index contributed by atoms with van der Waals surface area (Å²) >= 11 is 0. The second kappa shape index (κ2) is 7.57. The molecule has 2 heterocycles. The number of aryl methyl sites for hydroxylation is 1. The summed E-state index contributed by atoms with van der Waals surface area (Å²) in [5.41, 5.74) is 2.13. The summed E-state index contributed by atoms with van der Waals surface area (Å²) in [6.45, 7) is 5.16. The first-order valence-electron chi connectivity index (χ1n) is 7.34. The predicted molar refractivity (Wildman–Crippen MR) is 83.8 cm³/mol. The molecule has 0 aliphatic rings. The Kier molecular flexibility index (Phi) is 5.49. The molecule has 0 saturated heterocycles. The molecule has 5 nitrogen and oxygen atoms in total. The van der Waals surface area contributed by atoms with E-state index in [1.165, 1.54) is 0 Å². The largest absolute Gasteiger partial charge is 0.481 e. The van der Waals surface area contributed by atoms with Crippen LogP contribution in [0.4, 0.5) is 5.82 Å². The first-order valence-corrected chi connectivity index (χ1v) is 7.34. The molecule has 0 unspecified atom stereocenters. The zero-order valence-corrected chi connectivity index (χ0v) is 12.9. The van der Waals surface area contributed by atoms with Crippen molar-refractivity contribution in [1.82, 2.24) is 15.0 Å². The minimum atomic E-state index is 0.618. The highest BCUT2D eigenvalue weighted by atomic mass is 16.5. The van der Waals surface area contributed by atoms with Gasteiger partial charge in [0, 0.05) is 37.0 Å². The number of hydrogen-bond donors (Lipinski definition) is 1. The van der Waals surface area contributed by atoms with E-state index < -0.39 is 0 Å². The van der Waals surface area contributed by atoms with E-state index >= 15 is 0 Å². The molecule has 0 aromatic carbocycles. The molecule has 0 radical (unpaired) electrons. The van der Waals surface area contributed by atoms with Crippen molar-refractivity contribution in [3.63, 3.8) is 0 Å². The van der Waals surface area contributed by atoms with Gasteiger partial charge in [0.15, 0.2) is 0 Å². The van der Waals surface area contributed by atoms with E-state index in [0.29, 0.717) is 12.3 Å². The first-order chi connectivity index (χ1) is 10.2. The van der Waals surface area contributed by atoms with Crippen LogP contribution in [-0.4, -0.2) is 28.6 Å². The molecule has 0 saturated carbocycles. The van der Waals surface area contributed by atoms with Gasteiger partial charge in [0.2, 0.25) is 5.88 Å². The molecule has 0 aliphatic carbocycles. The van der Waals surface area contributed by atoms with Crippen molar-refractivity contribution in [2.45, 2.75) is 33.1 Å². The maximum Gasteiger partial charge on any atom is 0.212 e. The van der Waals surface area contributed by atoms with Crippen LogP contribution in [-0.2, 0) is 12.8 Å². The van der Waals surface area contributed by atoms with E-state index in [9.17, 15) is 0 Å². The molecule has 1 N–H and O–H groups in total. The topological polar surface area (TPSA) is 59.9 Å². The molecular weight excluding hydrogens is 264 g/mol. The average Bonchev–Trinajstić information content (AvgIpc) is 2.53. The van der Waals surface area contributed by atoms with E-state index in [1.54, 1.807) is 13.3 Å². The summed E-state index contributed by atoms with van der Waals surface area (Å²) in [7, 11) is 1.61. The van der Waals surface area contributed by atoms with E-state index in [4.69, 9.17) is 4.74 Å². The molecule has 2 rings (SSSR count). The van der Waals surface area contributed by atoms with Crippen molar-refractivity contribution < 1.29 is 4.74 Å². The molecule has 5 heteroatoms. The minimum Gasteiger partial charge on any atom is -0.481 e. The predicted octanol–water partition coefficient (Wildman–Crippen LogP) is 2.86. The van der Waals surface area contributed by atoms with Crippen molar-refractivity contribution in [2.24, 2.45) is 0 Å². The summed E-state index contributed by atoms with van der Waals surface area (Å²) in [6.07, 6.45) is 4.45. The lowest BCUT2D eigenvalue weighted by Crippen LogP contribution is -2.07. The van der Waals surface area contributed by atoms with Crippen molar-refractivity contribution in [3.8, 4) is 5.88 Å². The van der Waals surface area contributed by atoms with Crippen LogP contribution < -0.4 is 10.1 Å². The highest BCUT2D eigenvalue weighted by Crippen LogP contribution is 2.13. The lowest BCUT2D eigenvalue weighted by Gasteiger charge is -2.09. The number of methoxy groups -OCH3 is 1.